The molecule has 0 saturated carbocycles. The van der Waals surface area contributed by atoms with Crippen LogP contribution in [0.2, 0.25) is 0 Å². The van der Waals surface area contributed by atoms with Gasteiger partial charge in [0.1, 0.15) is 11.6 Å². The zero-order valence-electron chi connectivity index (χ0n) is 9.30. The molecule has 0 radical (unpaired) electrons. The molecular formula is C11H17FN2O. The number of hydrogen-bond donors (Lipinski definition) is 2. The Morgan fingerprint density at radius 3 is 2.67 bits per heavy atom. The van der Waals surface area contributed by atoms with E-state index in [2.05, 4.69) is 10.6 Å². The van der Waals surface area contributed by atoms with Gasteiger partial charge in [0, 0.05) is 18.2 Å². The summed E-state index contributed by atoms with van der Waals surface area (Å²) in [6.45, 7) is 0.719. The molecule has 1 aromatic rings. The predicted molar refractivity (Wildman–Crippen MR) is 58.7 cm³/mol. The third-order valence-corrected chi connectivity index (χ3v) is 2.32. The van der Waals surface area contributed by atoms with Crippen molar-refractivity contribution in [2.24, 2.45) is 0 Å². The largest absolute Gasteiger partial charge is 0.496 e. The lowest BCUT2D eigenvalue weighted by Gasteiger charge is -2.18. The van der Waals surface area contributed by atoms with Crippen molar-refractivity contribution in [3.8, 4) is 5.75 Å². The molecule has 0 heterocycles. The molecule has 0 aliphatic rings. The highest BCUT2D eigenvalue weighted by Gasteiger charge is 2.14. The van der Waals surface area contributed by atoms with Crippen LogP contribution in [0.25, 0.3) is 0 Å². The Bertz CT molecular complexity index is 317. The van der Waals surface area contributed by atoms with Gasteiger partial charge in [-0.2, -0.15) is 0 Å². The molecule has 0 saturated heterocycles. The maximum Gasteiger partial charge on any atom is 0.123 e. The van der Waals surface area contributed by atoms with Crippen molar-refractivity contribution in [2.45, 2.75) is 6.04 Å². The van der Waals surface area contributed by atoms with Gasteiger partial charge in [0.25, 0.3) is 0 Å². The van der Waals surface area contributed by atoms with Gasteiger partial charge in [0.05, 0.1) is 7.11 Å². The number of methoxy groups -OCH3 is 1. The number of nitrogens with one attached hydrogen (secondary N) is 2. The Morgan fingerprint density at radius 1 is 1.40 bits per heavy atom. The summed E-state index contributed by atoms with van der Waals surface area (Å²) in [7, 11) is 5.28. The number of benzene rings is 1. The molecule has 0 amide bonds. The van der Waals surface area contributed by atoms with Crippen molar-refractivity contribution >= 4 is 0 Å². The van der Waals surface area contributed by atoms with E-state index in [4.69, 9.17) is 4.74 Å². The maximum absolute atomic E-state index is 13.1. The van der Waals surface area contributed by atoms with E-state index >= 15 is 0 Å². The van der Waals surface area contributed by atoms with Crippen LogP contribution < -0.4 is 15.4 Å². The van der Waals surface area contributed by atoms with Crippen LogP contribution in [-0.4, -0.2) is 27.7 Å². The molecule has 3 nitrogen and oxygen atoms in total. The smallest absolute Gasteiger partial charge is 0.123 e. The van der Waals surface area contributed by atoms with Crippen molar-refractivity contribution in [3.63, 3.8) is 0 Å². The predicted octanol–water partition coefficient (Wildman–Crippen LogP) is 1.31. The minimum absolute atomic E-state index is 0.0423. The number of likely N-dealkylation sites (N-methyl/N-ethyl adjacent to an activating group) is 2. The van der Waals surface area contributed by atoms with Crippen molar-refractivity contribution < 1.29 is 9.13 Å². The topological polar surface area (TPSA) is 33.3 Å². The molecule has 1 unspecified atom stereocenters. The van der Waals surface area contributed by atoms with Crippen LogP contribution in [0.15, 0.2) is 18.2 Å². The lowest BCUT2D eigenvalue weighted by molar-refractivity contribution is 0.398. The Hall–Kier alpha value is -1.13. The third kappa shape index (κ3) is 2.91. The molecule has 1 aromatic carbocycles. The summed E-state index contributed by atoms with van der Waals surface area (Å²) in [6.07, 6.45) is 0. The van der Waals surface area contributed by atoms with Gasteiger partial charge in [-0.05, 0) is 32.3 Å². The minimum atomic E-state index is -0.248. The molecule has 4 heteroatoms. The van der Waals surface area contributed by atoms with Gasteiger partial charge in [-0.15, -0.1) is 0 Å². The van der Waals surface area contributed by atoms with E-state index in [0.717, 1.165) is 12.1 Å². The quantitative estimate of drug-likeness (QED) is 0.772. The summed E-state index contributed by atoms with van der Waals surface area (Å²) in [5.74, 6) is 0.452. The second kappa shape index (κ2) is 5.68. The van der Waals surface area contributed by atoms with E-state index in [1.54, 1.807) is 13.2 Å². The van der Waals surface area contributed by atoms with Gasteiger partial charge in [0.15, 0.2) is 0 Å². The van der Waals surface area contributed by atoms with Crippen LogP contribution in [0.1, 0.15) is 11.6 Å². The number of hydrogen-bond acceptors (Lipinski definition) is 3. The maximum atomic E-state index is 13.1. The second-order valence-electron chi connectivity index (χ2n) is 3.29. The summed E-state index contributed by atoms with van der Waals surface area (Å²) >= 11 is 0. The Labute approximate surface area is 89.6 Å². The molecular weight excluding hydrogens is 195 g/mol. The van der Waals surface area contributed by atoms with Crippen LogP contribution in [0.3, 0.4) is 0 Å². The summed E-state index contributed by atoms with van der Waals surface area (Å²) in [4.78, 5) is 0. The van der Waals surface area contributed by atoms with E-state index in [-0.39, 0.29) is 11.9 Å². The van der Waals surface area contributed by atoms with Crippen molar-refractivity contribution in [1.29, 1.82) is 0 Å². The van der Waals surface area contributed by atoms with Crippen molar-refractivity contribution in [1.82, 2.24) is 10.6 Å². The van der Waals surface area contributed by atoms with E-state index in [1.807, 2.05) is 14.1 Å². The average Bonchev–Trinajstić information content (AvgIpc) is 2.26. The Balaban J connectivity index is 3.02. The lowest BCUT2D eigenvalue weighted by Crippen LogP contribution is -2.27. The fourth-order valence-electron chi connectivity index (χ4n) is 1.55. The lowest BCUT2D eigenvalue weighted by atomic mass is 10.1. The molecule has 1 atom stereocenters. The monoisotopic (exact) mass is 212 g/mol. The first-order chi connectivity index (χ1) is 7.22. The Kier molecular flexibility index (Phi) is 4.52. The van der Waals surface area contributed by atoms with Crippen LogP contribution in [0.4, 0.5) is 4.39 Å². The van der Waals surface area contributed by atoms with Gasteiger partial charge in [-0.25, -0.2) is 4.39 Å². The van der Waals surface area contributed by atoms with Gasteiger partial charge in [-0.3, -0.25) is 0 Å². The van der Waals surface area contributed by atoms with Crippen LogP contribution in [0.5, 0.6) is 5.75 Å². The van der Waals surface area contributed by atoms with Crippen LogP contribution >= 0.6 is 0 Å². The number of halogens is 1. The van der Waals surface area contributed by atoms with Gasteiger partial charge < -0.3 is 15.4 Å². The summed E-state index contributed by atoms with van der Waals surface area (Å²) in [5, 5.41) is 6.16. The second-order valence-corrected chi connectivity index (χ2v) is 3.29. The number of ether oxygens (including phenoxy) is 1. The number of rotatable bonds is 5. The normalized spacial score (nSPS) is 12.5. The van der Waals surface area contributed by atoms with E-state index in [9.17, 15) is 4.39 Å². The summed E-state index contributed by atoms with van der Waals surface area (Å²) in [6, 6.07) is 4.58. The zero-order chi connectivity index (χ0) is 11.3. The first kappa shape index (κ1) is 11.9. The van der Waals surface area contributed by atoms with E-state index in [0.29, 0.717) is 5.75 Å². The summed E-state index contributed by atoms with van der Waals surface area (Å²) < 4.78 is 18.3. The van der Waals surface area contributed by atoms with Crippen LogP contribution in [0, 0.1) is 5.82 Å². The highest BCUT2D eigenvalue weighted by atomic mass is 19.1. The first-order valence-corrected chi connectivity index (χ1v) is 4.88. The van der Waals surface area contributed by atoms with Crippen molar-refractivity contribution in [3.05, 3.63) is 29.6 Å². The van der Waals surface area contributed by atoms with E-state index in [1.165, 1.54) is 12.1 Å². The molecule has 0 fully saturated rings. The fourth-order valence-corrected chi connectivity index (χ4v) is 1.55. The molecule has 0 aliphatic heterocycles. The molecule has 1 rings (SSSR count). The molecule has 0 bridgehead atoms. The first-order valence-electron chi connectivity index (χ1n) is 4.88. The van der Waals surface area contributed by atoms with Gasteiger partial charge in [-0.1, -0.05) is 0 Å². The average molecular weight is 212 g/mol. The molecule has 15 heavy (non-hydrogen) atoms. The third-order valence-electron chi connectivity index (χ3n) is 2.32. The Morgan fingerprint density at radius 2 is 2.13 bits per heavy atom. The van der Waals surface area contributed by atoms with E-state index < -0.39 is 0 Å². The van der Waals surface area contributed by atoms with Crippen LogP contribution in [-0.2, 0) is 0 Å². The highest BCUT2D eigenvalue weighted by molar-refractivity contribution is 5.36. The standard InChI is InChI=1S/C11H17FN2O/c1-13-7-10(14-2)9-6-8(12)4-5-11(9)15-3/h4-6,10,13-14H,7H2,1-3H3. The molecule has 84 valence electrons. The SMILES string of the molecule is CNCC(NC)c1cc(F)ccc1OC. The fraction of sp³-hybridized carbons (Fsp3) is 0.455. The molecule has 0 aliphatic carbocycles. The highest BCUT2D eigenvalue weighted by Crippen LogP contribution is 2.25. The zero-order valence-corrected chi connectivity index (χ0v) is 9.30. The molecule has 0 aromatic heterocycles. The van der Waals surface area contributed by atoms with Gasteiger partial charge >= 0.3 is 0 Å². The minimum Gasteiger partial charge on any atom is -0.496 e. The van der Waals surface area contributed by atoms with Gasteiger partial charge in [0.2, 0.25) is 0 Å². The molecule has 0 spiro atoms. The molecule has 2 N–H and O–H groups in total. The van der Waals surface area contributed by atoms with Crippen molar-refractivity contribution in [2.75, 3.05) is 27.7 Å². The summed E-state index contributed by atoms with van der Waals surface area (Å²) in [5.41, 5.74) is 0.828.